The molecule has 3 heteroatoms. The van der Waals surface area contributed by atoms with Gasteiger partial charge in [0.15, 0.2) is 0 Å². The average molecular weight is 266 g/mol. The van der Waals surface area contributed by atoms with Crippen LogP contribution in [-0.4, -0.2) is 11.9 Å². The van der Waals surface area contributed by atoms with Gasteiger partial charge in [-0.3, -0.25) is 9.59 Å². The third-order valence-corrected chi connectivity index (χ3v) is 3.64. The number of rotatable bonds is 2. The van der Waals surface area contributed by atoms with Gasteiger partial charge in [0.25, 0.3) is 0 Å². The number of hydrogen-bond acceptors (Lipinski definition) is 3. The van der Waals surface area contributed by atoms with Gasteiger partial charge >= 0.3 is 11.9 Å². The fraction of sp³-hybridized carbons (Fsp3) is 0.176. The second-order valence-corrected chi connectivity index (χ2v) is 4.90. The van der Waals surface area contributed by atoms with Crippen LogP contribution in [0.2, 0.25) is 0 Å². The van der Waals surface area contributed by atoms with Crippen molar-refractivity contribution < 1.29 is 14.3 Å². The van der Waals surface area contributed by atoms with E-state index in [0.29, 0.717) is 0 Å². The summed E-state index contributed by atoms with van der Waals surface area (Å²) < 4.78 is 4.83. The molecule has 0 radical (unpaired) electrons. The molecule has 2 unspecified atom stereocenters. The summed E-state index contributed by atoms with van der Waals surface area (Å²) in [5.74, 6) is -1.49. The highest BCUT2D eigenvalue weighted by Gasteiger charge is 2.39. The minimum absolute atomic E-state index is 0.160. The van der Waals surface area contributed by atoms with Crippen LogP contribution in [0, 0.1) is 0 Å². The molecule has 0 bridgehead atoms. The number of ether oxygens (including phenoxy) is 1. The summed E-state index contributed by atoms with van der Waals surface area (Å²) in [5.41, 5.74) is 1.88. The van der Waals surface area contributed by atoms with Crippen LogP contribution in [0.25, 0.3) is 0 Å². The first-order chi connectivity index (χ1) is 9.75. The molecular formula is C17H14O3. The molecule has 2 aromatic carbocycles. The summed E-state index contributed by atoms with van der Waals surface area (Å²) in [5, 5.41) is 0. The fourth-order valence-corrected chi connectivity index (χ4v) is 2.72. The Kier molecular flexibility index (Phi) is 3.33. The van der Waals surface area contributed by atoms with E-state index < -0.39 is 17.9 Å². The van der Waals surface area contributed by atoms with Crippen LogP contribution in [0.1, 0.15) is 29.4 Å². The van der Waals surface area contributed by atoms with Crippen LogP contribution >= 0.6 is 0 Å². The lowest BCUT2D eigenvalue weighted by atomic mass is 9.78. The monoisotopic (exact) mass is 266 g/mol. The normalized spacial score (nSPS) is 22.4. The largest absolute Gasteiger partial charge is 0.393 e. The molecule has 1 saturated heterocycles. The molecule has 1 aliphatic heterocycles. The maximum absolute atomic E-state index is 12.1. The van der Waals surface area contributed by atoms with Gasteiger partial charge in [-0.05, 0) is 11.1 Å². The molecular weight excluding hydrogens is 252 g/mol. The smallest absolute Gasteiger partial charge is 0.321 e. The Hall–Kier alpha value is -2.42. The van der Waals surface area contributed by atoms with E-state index >= 15 is 0 Å². The number of esters is 2. The molecule has 3 nitrogen and oxygen atoms in total. The SMILES string of the molecule is O=C1CC(c2ccccc2)C(c2ccccc2)C(=O)O1. The Morgan fingerprint density at radius 1 is 0.800 bits per heavy atom. The molecule has 3 rings (SSSR count). The highest BCUT2D eigenvalue weighted by atomic mass is 16.6. The Morgan fingerprint density at radius 3 is 1.95 bits per heavy atom. The molecule has 1 heterocycles. The van der Waals surface area contributed by atoms with Crippen molar-refractivity contribution in [3.63, 3.8) is 0 Å². The molecule has 0 N–H and O–H groups in total. The van der Waals surface area contributed by atoms with Crippen molar-refractivity contribution in [2.45, 2.75) is 18.3 Å². The predicted octanol–water partition coefficient (Wildman–Crippen LogP) is 3.03. The van der Waals surface area contributed by atoms with Gasteiger partial charge in [0.05, 0.1) is 12.3 Å². The van der Waals surface area contributed by atoms with E-state index in [2.05, 4.69) is 0 Å². The van der Waals surface area contributed by atoms with Gasteiger partial charge in [0, 0.05) is 5.92 Å². The standard InChI is InChI=1S/C17H14O3/c18-15-11-14(12-7-3-1-4-8-12)16(17(19)20-15)13-9-5-2-6-10-13/h1-10,14,16H,11H2. The zero-order valence-corrected chi connectivity index (χ0v) is 10.9. The second kappa shape index (κ2) is 5.29. The van der Waals surface area contributed by atoms with Gasteiger partial charge in [-0.1, -0.05) is 60.7 Å². The quantitative estimate of drug-likeness (QED) is 0.620. The lowest BCUT2D eigenvalue weighted by molar-refractivity contribution is -0.165. The Labute approximate surface area is 117 Å². The highest BCUT2D eigenvalue weighted by Crippen LogP contribution is 2.39. The number of cyclic esters (lactones) is 2. The topological polar surface area (TPSA) is 43.4 Å². The maximum Gasteiger partial charge on any atom is 0.321 e. The van der Waals surface area contributed by atoms with E-state index in [-0.39, 0.29) is 12.3 Å². The van der Waals surface area contributed by atoms with E-state index in [0.717, 1.165) is 11.1 Å². The lowest BCUT2D eigenvalue weighted by Crippen LogP contribution is -2.32. The van der Waals surface area contributed by atoms with Crippen molar-refractivity contribution in [1.29, 1.82) is 0 Å². The van der Waals surface area contributed by atoms with Crippen molar-refractivity contribution >= 4 is 11.9 Å². The first kappa shape index (κ1) is 12.6. The zero-order chi connectivity index (χ0) is 13.9. The van der Waals surface area contributed by atoms with Crippen LogP contribution in [-0.2, 0) is 14.3 Å². The van der Waals surface area contributed by atoms with Crippen LogP contribution in [0.3, 0.4) is 0 Å². The van der Waals surface area contributed by atoms with Crippen LogP contribution in [0.4, 0.5) is 0 Å². The molecule has 0 saturated carbocycles. The minimum Gasteiger partial charge on any atom is -0.393 e. The molecule has 1 aliphatic rings. The lowest BCUT2D eigenvalue weighted by Gasteiger charge is -2.29. The van der Waals surface area contributed by atoms with Gasteiger partial charge in [-0.2, -0.15) is 0 Å². The molecule has 0 aliphatic carbocycles. The van der Waals surface area contributed by atoms with E-state index in [4.69, 9.17) is 4.74 Å². The summed E-state index contributed by atoms with van der Waals surface area (Å²) in [7, 11) is 0. The number of carbonyl (C=O) groups is 2. The molecule has 0 spiro atoms. The number of hydrogen-bond donors (Lipinski definition) is 0. The predicted molar refractivity (Wildman–Crippen MR) is 74.1 cm³/mol. The van der Waals surface area contributed by atoms with Crippen molar-refractivity contribution in [3.8, 4) is 0 Å². The van der Waals surface area contributed by atoms with Crippen molar-refractivity contribution in [1.82, 2.24) is 0 Å². The number of benzene rings is 2. The molecule has 100 valence electrons. The fourth-order valence-electron chi connectivity index (χ4n) is 2.72. The van der Waals surface area contributed by atoms with E-state index in [1.54, 1.807) is 0 Å². The Bertz CT molecular complexity index is 619. The molecule has 20 heavy (non-hydrogen) atoms. The van der Waals surface area contributed by atoms with Gasteiger partial charge in [0.1, 0.15) is 0 Å². The third kappa shape index (κ3) is 2.35. The molecule has 2 aromatic rings. The summed E-state index contributed by atoms with van der Waals surface area (Å²) in [4.78, 5) is 23.7. The maximum atomic E-state index is 12.1. The zero-order valence-electron chi connectivity index (χ0n) is 10.9. The van der Waals surface area contributed by atoms with Gasteiger partial charge in [-0.25, -0.2) is 0 Å². The Balaban J connectivity index is 2.03. The van der Waals surface area contributed by atoms with Crippen LogP contribution < -0.4 is 0 Å². The van der Waals surface area contributed by atoms with Crippen molar-refractivity contribution in [2.24, 2.45) is 0 Å². The van der Waals surface area contributed by atoms with E-state index in [1.165, 1.54) is 0 Å². The minimum atomic E-state index is -0.457. The van der Waals surface area contributed by atoms with Gasteiger partial charge < -0.3 is 4.74 Å². The van der Waals surface area contributed by atoms with Gasteiger partial charge in [0.2, 0.25) is 0 Å². The average Bonchev–Trinajstić information content (AvgIpc) is 2.48. The summed E-state index contributed by atoms with van der Waals surface area (Å²) in [6.07, 6.45) is 0.231. The Morgan fingerprint density at radius 2 is 1.35 bits per heavy atom. The molecule has 1 fully saturated rings. The van der Waals surface area contributed by atoms with Crippen molar-refractivity contribution in [3.05, 3.63) is 71.8 Å². The molecule has 0 aromatic heterocycles. The first-order valence-corrected chi connectivity index (χ1v) is 6.60. The van der Waals surface area contributed by atoms with Crippen molar-refractivity contribution in [2.75, 3.05) is 0 Å². The van der Waals surface area contributed by atoms with E-state index in [1.807, 2.05) is 60.7 Å². The van der Waals surface area contributed by atoms with Gasteiger partial charge in [-0.15, -0.1) is 0 Å². The summed E-state index contributed by atoms with van der Waals surface area (Å²) in [6, 6.07) is 19.1. The number of carbonyl (C=O) groups excluding carboxylic acids is 2. The third-order valence-electron chi connectivity index (χ3n) is 3.64. The van der Waals surface area contributed by atoms with Crippen LogP contribution in [0.15, 0.2) is 60.7 Å². The highest BCUT2D eigenvalue weighted by molar-refractivity contribution is 5.94. The first-order valence-electron chi connectivity index (χ1n) is 6.60. The van der Waals surface area contributed by atoms with E-state index in [9.17, 15) is 9.59 Å². The van der Waals surface area contributed by atoms with Crippen LogP contribution in [0.5, 0.6) is 0 Å². The molecule has 2 atom stereocenters. The second-order valence-electron chi connectivity index (χ2n) is 4.90. The summed E-state index contributed by atoms with van der Waals surface area (Å²) in [6.45, 7) is 0. The molecule has 0 amide bonds. The summed E-state index contributed by atoms with van der Waals surface area (Å²) >= 11 is 0.